The Labute approximate surface area is 140 Å². The molecule has 0 atom stereocenters. The van der Waals surface area contributed by atoms with E-state index in [2.05, 4.69) is 10.8 Å². The Balaban J connectivity index is 1.79. The molecule has 0 aromatic heterocycles. The number of piperidine rings is 2. The van der Waals surface area contributed by atoms with Gasteiger partial charge in [-0.1, -0.05) is 0 Å². The fraction of sp³-hybridized carbons (Fsp3) is 0.833. The molecule has 23 heavy (non-hydrogen) atoms. The molecule has 1 N–H and O–H groups in total. The van der Waals surface area contributed by atoms with Crippen molar-refractivity contribution >= 4 is 6.09 Å². The second-order valence-corrected chi connectivity index (χ2v) is 7.91. The van der Waals surface area contributed by atoms with Crippen LogP contribution in [0.4, 0.5) is 4.79 Å². The Morgan fingerprint density at radius 1 is 1.26 bits per heavy atom. The van der Waals surface area contributed by atoms with Gasteiger partial charge in [0.2, 0.25) is 0 Å². The van der Waals surface area contributed by atoms with Crippen molar-refractivity contribution in [3.05, 3.63) is 0 Å². The van der Waals surface area contributed by atoms with E-state index in [1.807, 2.05) is 20.8 Å². The van der Waals surface area contributed by atoms with Crippen molar-refractivity contribution in [2.24, 2.45) is 5.92 Å². The summed E-state index contributed by atoms with van der Waals surface area (Å²) >= 11 is 0. The van der Waals surface area contributed by atoms with Crippen LogP contribution < -0.4 is 0 Å². The SMILES string of the molecule is C#CC1CCN(CC2(O)CCN(C(=O)OC(C)(C)C)CC2)CC1. The molecule has 0 aliphatic carbocycles. The molecule has 2 aliphatic heterocycles. The van der Waals surface area contributed by atoms with Crippen molar-refractivity contribution in [3.8, 4) is 12.3 Å². The maximum atomic E-state index is 12.1. The summed E-state index contributed by atoms with van der Waals surface area (Å²) in [5.41, 5.74) is -1.19. The zero-order chi connectivity index (χ0) is 17.1. The van der Waals surface area contributed by atoms with Crippen LogP contribution >= 0.6 is 0 Å². The van der Waals surface area contributed by atoms with Crippen LogP contribution in [-0.4, -0.2) is 64.9 Å². The number of ether oxygens (including phenoxy) is 1. The number of terminal acetylenes is 1. The number of aliphatic hydroxyl groups is 1. The highest BCUT2D eigenvalue weighted by Crippen LogP contribution is 2.26. The number of β-amino-alcohol motifs (C(OH)–C–C–N with tert-alkyl or cyclic N) is 1. The summed E-state index contributed by atoms with van der Waals surface area (Å²) in [6, 6.07) is 0. The van der Waals surface area contributed by atoms with E-state index in [1.54, 1.807) is 4.90 Å². The van der Waals surface area contributed by atoms with E-state index in [-0.39, 0.29) is 6.09 Å². The summed E-state index contributed by atoms with van der Waals surface area (Å²) in [7, 11) is 0. The smallest absolute Gasteiger partial charge is 0.410 e. The first-order valence-corrected chi connectivity index (χ1v) is 8.60. The van der Waals surface area contributed by atoms with Crippen molar-refractivity contribution in [1.29, 1.82) is 0 Å². The Hall–Kier alpha value is -1.25. The van der Waals surface area contributed by atoms with E-state index in [0.717, 1.165) is 25.9 Å². The van der Waals surface area contributed by atoms with Crippen molar-refractivity contribution in [2.45, 2.75) is 57.7 Å². The largest absolute Gasteiger partial charge is 0.444 e. The van der Waals surface area contributed by atoms with E-state index < -0.39 is 11.2 Å². The van der Waals surface area contributed by atoms with Crippen molar-refractivity contribution < 1.29 is 14.6 Å². The minimum Gasteiger partial charge on any atom is -0.444 e. The third kappa shape index (κ3) is 5.40. The molecule has 1 amide bonds. The van der Waals surface area contributed by atoms with E-state index in [4.69, 9.17) is 11.2 Å². The summed E-state index contributed by atoms with van der Waals surface area (Å²) < 4.78 is 5.40. The molecule has 0 bridgehead atoms. The zero-order valence-corrected chi connectivity index (χ0v) is 14.7. The van der Waals surface area contributed by atoms with Gasteiger partial charge in [-0.05, 0) is 59.5 Å². The number of rotatable bonds is 2. The van der Waals surface area contributed by atoms with Gasteiger partial charge < -0.3 is 19.6 Å². The van der Waals surface area contributed by atoms with Crippen molar-refractivity contribution in [2.75, 3.05) is 32.7 Å². The predicted molar refractivity (Wildman–Crippen MR) is 90.0 cm³/mol. The molecule has 0 radical (unpaired) electrons. The van der Waals surface area contributed by atoms with Gasteiger partial charge in [-0.15, -0.1) is 12.3 Å². The quantitative estimate of drug-likeness (QED) is 0.791. The lowest BCUT2D eigenvalue weighted by atomic mass is 9.89. The van der Waals surface area contributed by atoms with E-state index in [9.17, 15) is 9.90 Å². The van der Waals surface area contributed by atoms with E-state index >= 15 is 0 Å². The molecule has 130 valence electrons. The van der Waals surface area contributed by atoms with Crippen LogP contribution in [0.2, 0.25) is 0 Å². The van der Waals surface area contributed by atoms with Gasteiger partial charge in [-0.2, -0.15) is 0 Å². The van der Waals surface area contributed by atoms with E-state index in [1.165, 1.54) is 0 Å². The average Bonchev–Trinajstić information content (AvgIpc) is 2.46. The van der Waals surface area contributed by atoms with Gasteiger partial charge in [0, 0.05) is 25.6 Å². The monoisotopic (exact) mass is 322 g/mol. The highest BCUT2D eigenvalue weighted by molar-refractivity contribution is 5.68. The maximum Gasteiger partial charge on any atom is 0.410 e. The summed E-state index contributed by atoms with van der Waals surface area (Å²) in [6.07, 6.45) is 8.41. The Morgan fingerprint density at radius 3 is 2.30 bits per heavy atom. The van der Waals surface area contributed by atoms with Gasteiger partial charge in [0.25, 0.3) is 0 Å². The molecule has 5 nitrogen and oxygen atoms in total. The first kappa shape index (κ1) is 18.1. The second kappa shape index (κ2) is 7.11. The number of likely N-dealkylation sites (tertiary alicyclic amines) is 2. The van der Waals surface area contributed by atoms with Crippen LogP contribution in [-0.2, 0) is 4.74 Å². The maximum absolute atomic E-state index is 12.1. The van der Waals surface area contributed by atoms with Gasteiger partial charge in [0.15, 0.2) is 0 Å². The van der Waals surface area contributed by atoms with Gasteiger partial charge in [-0.3, -0.25) is 0 Å². The number of carbonyl (C=O) groups excluding carboxylic acids is 1. The van der Waals surface area contributed by atoms with Gasteiger partial charge >= 0.3 is 6.09 Å². The second-order valence-electron chi connectivity index (χ2n) is 7.91. The molecule has 2 fully saturated rings. The first-order valence-electron chi connectivity index (χ1n) is 8.60. The zero-order valence-electron chi connectivity index (χ0n) is 14.7. The van der Waals surface area contributed by atoms with Crippen LogP contribution in [0.5, 0.6) is 0 Å². The fourth-order valence-electron chi connectivity index (χ4n) is 3.26. The van der Waals surface area contributed by atoms with Crippen LogP contribution in [0.25, 0.3) is 0 Å². The molecular formula is C18H30N2O3. The molecule has 0 spiro atoms. The summed E-state index contributed by atoms with van der Waals surface area (Å²) in [5.74, 6) is 3.21. The number of carbonyl (C=O) groups is 1. The molecule has 0 unspecified atom stereocenters. The van der Waals surface area contributed by atoms with Crippen LogP contribution in [0.15, 0.2) is 0 Å². The summed E-state index contributed by atoms with van der Waals surface area (Å²) in [4.78, 5) is 16.1. The molecule has 0 saturated carbocycles. The van der Waals surface area contributed by atoms with Crippen molar-refractivity contribution in [1.82, 2.24) is 9.80 Å². The van der Waals surface area contributed by atoms with Gasteiger partial charge in [0.05, 0.1) is 5.60 Å². The molecule has 2 saturated heterocycles. The minimum atomic E-state index is -0.707. The third-order valence-electron chi connectivity index (χ3n) is 4.69. The summed E-state index contributed by atoms with van der Waals surface area (Å²) in [5, 5.41) is 10.8. The van der Waals surface area contributed by atoms with Gasteiger partial charge in [-0.25, -0.2) is 4.79 Å². The number of nitrogens with zero attached hydrogens (tertiary/aromatic N) is 2. The molecule has 2 aliphatic rings. The average molecular weight is 322 g/mol. The Bertz CT molecular complexity index is 448. The molecule has 5 heteroatoms. The molecule has 0 aromatic rings. The highest BCUT2D eigenvalue weighted by Gasteiger charge is 2.37. The Kier molecular flexibility index (Phi) is 5.59. The van der Waals surface area contributed by atoms with E-state index in [0.29, 0.717) is 38.4 Å². The molecule has 0 aromatic carbocycles. The molecule has 2 rings (SSSR count). The number of hydrogen-bond acceptors (Lipinski definition) is 4. The van der Waals surface area contributed by atoms with Crippen molar-refractivity contribution in [3.63, 3.8) is 0 Å². The number of hydrogen-bond donors (Lipinski definition) is 1. The van der Waals surface area contributed by atoms with Crippen LogP contribution in [0.1, 0.15) is 46.5 Å². The standard InChI is InChI=1S/C18H30N2O3/c1-5-15-6-10-19(11-7-15)14-18(22)8-12-20(13-9-18)16(21)23-17(2,3)4/h1,15,22H,6-14H2,2-4H3. The lowest BCUT2D eigenvalue weighted by molar-refractivity contribution is -0.0533. The summed E-state index contributed by atoms with van der Waals surface area (Å²) in [6.45, 7) is 9.27. The normalized spacial score (nSPS) is 23.3. The lowest BCUT2D eigenvalue weighted by Gasteiger charge is -2.42. The van der Waals surface area contributed by atoms with Crippen LogP contribution in [0.3, 0.4) is 0 Å². The highest BCUT2D eigenvalue weighted by atomic mass is 16.6. The Morgan fingerprint density at radius 2 is 1.83 bits per heavy atom. The lowest BCUT2D eigenvalue weighted by Crippen LogP contribution is -2.53. The fourth-order valence-corrected chi connectivity index (χ4v) is 3.26. The number of amides is 1. The minimum absolute atomic E-state index is 0.283. The topological polar surface area (TPSA) is 53.0 Å². The van der Waals surface area contributed by atoms with Crippen LogP contribution in [0, 0.1) is 18.3 Å². The molecular weight excluding hydrogens is 292 g/mol. The molecule has 2 heterocycles. The first-order chi connectivity index (χ1) is 10.7. The third-order valence-corrected chi connectivity index (χ3v) is 4.69. The predicted octanol–water partition coefficient (Wildman–Crippen LogP) is 2.09. The van der Waals surface area contributed by atoms with Gasteiger partial charge in [0.1, 0.15) is 5.60 Å².